The van der Waals surface area contributed by atoms with Gasteiger partial charge in [-0.2, -0.15) is 4.99 Å². The average molecular weight is 419 g/mol. The lowest BCUT2D eigenvalue weighted by Crippen LogP contribution is -2.37. The molecule has 6 nitrogen and oxygen atoms in total. The number of halogens is 1. The summed E-state index contributed by atoms with van der Waals surface area (Å²) in [5.41, 5.74) is 0.828. The first-order valence-electron chi connectivity index (χ1n) is 6.92. The number of amides is 1. The van der Waals surface area contributed by atoms with E-state index in [0.717, 1.165) is 10.2 Å². The molecule has 124 valence electrons. The average Bonchev–Trinajstić information content (AvgIpc) is 2.91. The second-order valence-corrected chi connectivity index (χ2v) is 9.64. The monoisotopic (exact) mass is 418 g/mol. The van der Waals surface area contributed by atoms with Crippen LogP contribution in [0.25, 0.3) is 0 Å². The SMILES string of the molecule is COCC(=O)N=C1S[C@@H]2CS(=O)(=O)C[C@H]2N1c1ccc(Br)cc1. The largest absolute Gasteiger partial charge is 0.375 e. The Morgan fingerprint density at radius 3 is 2.74 bits per heavy atom. The van der Waals surface area contributed by atoms with Crippen LogP contribution in [0.1, 0.15) is 0 Å². The van der Waals surface area contributed by atoms with Gasteiger partial charge in [-0.3, -0.25) is 4.79 Å². The fourth-order valence-corrected chi connectivity index (χ4v) is 6.93. The Balaban J connectivity index is 1.97. The van der Waals surface area contributed by atoms with Crippen LogP contribution in [-0.4, -0.2) is 56.0 Å². The van der Waals surface area contributed by atoms with E-state index in [9.17, 15) is 13.2 Å². The van der Waals surface area contributed by atoms with E-state index in [1.807, 2.05) is 29.2 Å². The highest BCUT2D eigenvalue weighted by Crippen LogP contribution is 2.41. The molecule has 0 bridgehead atoms. The molecule has 2 fully saturated rings. The van der Waals surface area contributed by atoms with Gasteiger partial charge in [0.2, 0.25) is 0 Å². The van der Waals surface area contributed by atoms with Crippen molar-refractivity contribution in [2.24, 2.45) is 4.99 Å². The molecule has 23 heavy (non-hydrogen) atoms. The summed E-state index contributed by atoms with van der Waals surface area (Å²) in [7, 11) is -1.61. The number of anilines is 1. The molecule has 0 aliphatic carbocycles. The Bertz CT molecular complexity index is 749. The Labute approximate surface area is 147 Å². The van der Waals surface area contributed by atoms with Gasteiger partial charge in [0.15, 0.2) is 15.0 Å². The number of hydrogen-bond donors (Lipinski definition) is 0. The zero-order chi connectivity index (χ0) is 16.6. The van der Waals surface area contributed by atoms with E-state index in [-0.39, 0.29) is 35.3 Å². The third-order valence-corrected chi connectivity index (χ3v) is 7.40. The molecule has 2 heterocycles. The molecule has 2 atom stereocenters. The van der Waals surface area contributed by atoms with E-state index < -0.39 is 9.84 Å². The van der Waals surface area contributed by atoms with Crippen molar-refractivity contribution in [3.05, 3.63) is 28.7 Å². The minimum Gasteiger partial charge on any atom is -0.375 e. The Morgan fingerprint density at radius 2 is 2.09 bits per heavy atom. The third kappa shape index (κ3) is 3.62. The number of fused-ring (bicyclic) bond motifs is 1. The van der Waals surface area contributed by atoms with Crippen LogP contribution in [0.5, 0.6) is 0 Å². The first-order chi connectivity index (χ1) is 10.9. The highest BCUT2D eigenvalue weighted by Gasteiger charge is 2.49. The molecule has 1 amide bonds. The fourth-order valence-electron chi connectivity index (χ4n) is 2.73. The van der Waals surface area contributed by atoms with Crippen molar-refractivity contribution < 1.29 is 17.9 Å². The minimum atomic E-state index is -3.05. The summed E-state index contributed by atoms with van der Waals surface area (Å²) < 4.78 is 29.6. The molecule has 0 aromatic heterocycles. The van der Waals surface area contributed by atoms with Gasteiger partial charge >= 0.3 is 0 Å². The Hall–Kier alpha value is -0.900. The maximum Gasteiger partial charge on any atom is 0.274 e. The standard InChI is InChI=1S/C14H15BrN2O4S2/c1-21-6-13(18)16-14-17(10-4-2-9(15)3-5-10)11-7-23(19,20)8-12(11)22-14/h2-5,11-12H,6-8H2,1H3/t11-,12-/m1/s1. The van der Waals surface area contributed by atoms with Gasteiger partial charge in [0.05, 0.1) is 17.5 Å². The zero-order valence-electron chi connectivity index (χ0n) is 12.3. The van der Waals surface area contributed by atoms with Crippen molar-refractivity contribution in [3.63, 3.8) is 0 Å². The fraction of sp³-hybridized carbons (Fsp3) is 0.429. The van der Waals surface area contributed by atoms with Crippen LogP contribution in [0.4, 0.5) is 5.69 Å². The summed E-state index contributed by atoms with van der Waals surface area (Å²) in [6, 6.07) is 7.33. The van der Waals surface area contributed by atoms with Crippen molar-refractivity contribution >= 4 is 54.3 Å². The van der Waals surface area contributed by atoms with Crippen LogP contribution >= 0.6 is 27.7 Å². The smallest absolute Gasteiger partial charge is 0.274 e. The van der Waals surface area contributed by atoms with Gasteiger partial charge in [0.1, 0.15) is 6.61 Å². The molecular formula is C14H15BrN2O4S2. The number of nitrogens with zero attached hydrogens (tertiary/aromatic N) is 2. The van der Waals surface area contributed by atoms with Gasteiger partial charge in [-0.15, -0.1) is 0 Å². The molecular weight excluding hydrogens is 404 g/mol. The lowest BCUT2D eigenvalue weighted by Gasteiger charge is -2.24. The van der Waals surface area contributed by atoms with E-state index in [0.29, 0.717) is 5.17 Å². The van der Waals surface area contributed by atoms with Crippen LogP contribution in [0.3, 0.4) is 0 Å². The molecule has 0 unspecified atom stereocenters. The summed E-state index contributed by atoms with van der Waals surface area (Å²) in [5, 5.41) is 0.442. The van der Waals surface area contributed by atoms with Crippen molar-refractivity contribution in [2.75, 3.05) is 30.1 Å². The Morgan fingerprint density at radius 1 is 1.39 bits per heavy atom. The third-order valence-electron chi connectivity index (χ3n) is 3.66. The number of hydrogen-bond acceptors (Lipinski definition) is 5. The maximum absolute atomic E-state index is 11.9. The quantitative estimate of drug-likeness (QED) is 0.743. The molecule has 0 radical (unpaired) electrons. The first-order valence-corrected chi connectivity index (χ1v) is 10.4. The molecule has 0 spiro atoms. The second kappa shape index (κ2) is 6.54. The number of thioether (sulfide) groups is 1. The van der Waals surface area contributed by atoms with E-state index >= 15 is 0 Å². The van der Waals surface area contributed by atoms with Crippen LogP contribution in [0.15, 0.2) is 33.7 Å². The minimum absolute atomic E-state index is 0.0816. The van der Waals surface area contributed by atoms with Crippen molar-refractivity contribution in [1.29, 1.82) is 0 Å². The number of carbonyl (C=O) groups is 1. The normalized spacial score (nSPS) is 27.4. The van der Waals surface area contributed by atoms with Crippen LogP contribution in [0.2, 0.25) is 0 Å². The number of methoxy groups -OCH3 is 1. The van der Waals surface area contributed by atoms with Crippen LogP contribution in [0, 0.1) is 0 Å². The van der Waals surface area contributed by atoms with E-state index in [4.69, 9.17) is 4.74 Å². The summed E-state index contributed by atoms with van der Waals surface area (Å²) >= 11 is 4.74. The highest BCUT2D eigenvalue weighted by molar-refractivity contribution is 9.10. The van der Waals surface area contributed by atoms with E-state index in [2.05, 4.69) is 20.9 Å². The summed E-state index contributed by atoms with van der Waals surface area (Å²) in [6.07, 6.45) is 0. The van der Waals surface area contributed by atoms with Gasteiger partial charge in [0.25, 0.3) is 5.91 Å². The van der Waals surface area contributed by atoms with Gasteiger partial charge < -0.3 is 9.64 Å². The molecule has 0 N–H and O–H groups in total. The molecule has 2 aliphatic rings. The van der Waals surface area contributed by atoms with E-state index in [1.165, 1.54) is 18.9 Å². The predicted octanol–water partition coefficient (Wildman–Crippen LogP) is 1.70. The first kappa shape index (κ1) is 16.9. The Kier molecular flexibility index (Phi) is 4.82. The number of benzene rings is 1. The zero-order valence-corrected chi connectivity index (χ0v) is 15.5. The molecule has 2 saturated heterocycles. The van der Waals surface area contributed by atoms with Crippen molar-refractivity contribution in [1.82, 2.24) is 0 Å². The highest BCUT2D eigenvalue weighted by atomic mass is 79.9. The summed E-state index contributed by atoms with van der Waals surface area (Å²) in [6.45, 7) is -0.0914. The topological polar surface area (TPSA) is 76.0 Å². The number of sulfone groups is 1. The van der Waals surface area contributed by atoms with Gasteiger partial charge in [-0.05, 0) is 24.3 Å². The van der Waals surface area contributed by atoms with Gasteiger partial charge in [0, 0.05) is 22.5 Å². The van der Waals surface area contributed by atoms with E-state index in [1.54, 1.807) is 0 Å². The van der Waals surface area contributed by atoms with Crippen molar-refractivity contribution in [3.8, 4) is 0 Å². The van der Waals surface area contributed by atoms with Crippen LogP contribution in [-0.2, 0) is 19.4 Å². The number of aliphatic imine (C=N–C) groups is 1. The summed E-state index contributed by atoms with van der Waals surface area (Å²) in [4.78, 5) is 17.8. The van der Waals surface area contributed by atoms with Crippen molar-refractivity contribution in [2.45, 2.75) is 11.3 Å². The number of rotatable bonds is 3. The van der Waals surface area contributed by atoms with Gasteiger partial charge in [-0.1, -0.05) is 27.7 Å². The number of ether oxygens (including phenoxy) is 1. The second-order valence-electron chi connectivity index (χ2n) is 5.37. The molecule has 0 saturated carbocycles. The summed E-state index contributed by atoms with van der Waals surface area (Å²) in [5.74, 6) is -0.176. The van der Waals surface area contributed by atoms with Crippen LogP contribution < -0.4 is 4.90 Å². The molecule has 1 aromatic rings. The number of carbonyl (C=O) groups excluding carboxylic acids is 1. The van der Waals surface area contributed by atoms with Gasteiger partial charge in [-0.25, -0.2) is 8.42 Å². The molecule has 3 rings (SSSR count). The lowest BCUT2D eigenvalue weighted by atomic mass is 10.2. The lowest BCUT2D eigenvalue weighted by molar-refractivity contribution is -0.121. The maximum atomic E-state index is 11.9. The molecule has 2 aliphatic heterocycles. The molecule has 9 heteroatoms. The molecule has 1 aromatic carbocycles. The predicted molar refractivity (Wildman–Crippen MR) is 94.8 cm³/mol. The number of amidine groups is 1.